The summed E-state index contributed by atoms with van der Waals surface area (Å²) in [7, 11) is 1.99. The van der Waals surface area contributed by atoms with Gasteiger partial charge in [-0.3, -0.25) is 14.6 Å². The summed E-state index contributed by atoms with van der Waals surface area (Å²) < 4.78 is 6.14. The van der Waals surface area contributed by atoms with Crippen molar-refractivity contribution in [2.75, 3.05) is 37.5 Å². The number of nitrogens with zero attached hydrogens (tertiary/aromatic N) is 2. The van der Waals surface area contributed by atoms with E-state index in [4.69, 9.17) is 20.6 Å². The lowest BCUT2D eigenvalue weighted by Gasteiger charge is -2.24. The highest BCUT2D eigenvalue weighted by Gasteiger charge is 2.19. The molecule has 256 valence electrons. The van der Waals surface area contributed by atoms with E-state index in [9.17, 15) is 9.59 Å². The number of aliphatic imine (C=N–C) groups is 1. The molecule has 0 aliphatic heterocycles. The average molecular weight is 654 g/mol. The number of H-pyrrole nitrogens is 1. The number of hydrogen-bond acceptors (Lipinski definition) is 7. The molecular weight excluding hydrogens is 602 g/mol. The largest absolute Gasteiger partial charge is 0.472 e. The number of aryl methyl sites for hydroxylation is 2. The highest BCUT2D eigenvalue weighted by Crippen LogP contribution is 2.30. The molecule has 9 heteroatoms. The zero-order valence-electron chi connectivity index (χ0n) is 29.2. The van der Waals surface area contributed by atoms with Gasteiger partial charge < -0.3 is 30.8 Å². The van der Waals surface area contributed by atoms with Gasteiger partial charge in [0.1, 0.15) is 11.6 Å². The molecule has 0 fully saturated rings. The highest BCUT2D eigenvalue weighted by molar-refractivity contribution is 6.17. The van der Waals surface area contributed by atoms with E-state index in [2.05, 4.69) is 73.5 Å². The number of nitrogens with two attached hydrogens (primary N) is 1. The van der Waals surface area contributed by atoms with E-state index in [1.807, 2.05) is 50.1 Å². The molecule has 1 amide bonds. The molecule has 0 bridgehead atoms. The Morgan fingerprint density at radius 2 is 1.79 bits per heavy atom. The van der Waals surface area contributed by atoms with Crippen LogP contribution in [-0.4, -0.2) is 61.5 Å². The van der Waals surface area contributed by atoms with Crippen molar-refractivity contribution in [2.24, 2.45) is 4.99 Å². The smallest absolute Gasteiger partial charge is 0.207 e. The van der Waals surface area contributed by atoms with Crippen LogP contribution in [-0.2, 0) is 11.2 Å². The summed E-state index contributed by atoms with van der Waals surface area (Å²) in [5, 5.41) is 11.4. The number of aromatic nitrogens is 1. The third-order valence-electron chi connectivity index (χ3n) is 8.09. The molecule has 1 unspecified atom stereocenters. The molecule has 3 aromatic carbocycles. The van der Waals surface area contributed by atoms with Gasteiger partial charge in [-0.2, -0.15) is 0 Å². The third-order valence-corrected chi connectivity index (χ3v) is 8.09. The van der Waals surface area contributed by atoms with Crippen molar-refractivity contribution in [1.82, 2.24) is 10.3 Å². The monoisotopic (exact) mass is 653 g/mol. The van der Waals surface area contributed by atoms with Crippen LogP contribution in [0.25, 0.3) is 11.3 Å². The SMILES string of the molecule is CCC(O)CCNC=O.CCCc1ccc(C=O)c(OCN(C)c2cccc(C(=NCC)c3cc(-c4ccc(C)cc4)[nH]c3N)c2C)c1. The zero-order chi connectivity index (χ0) is 35.1. The Bertz CT molecular complexity index is 1640. The highest BCUT2D eigenvalue weighted by atomic mass is 16.5. The number of anilines is 2. The first-order valence-corrected chi connectivity index (χ1v) is 16.6. The number of benzene rings is 3. The number of aliphatic hydroxyl groups excluding tert-OH is 1. The molecule has 0 saturated heterocycles. The van der Waals surface area contributed by atoms with Crippen molar-refractivity contribution in [3.63, 3.8) is 0 Å². The average Bonchev–Trinajstić information content (AvgIpc) is 3.48. The van der Waals surface area contributed by atoms with Crippen molar-refractivity contribution < 1.29 is 19.4 Å². The van der Waals surface area contributed by atoms with Crippen LogP contribution in [0.3, 0.4) is 0 Å². The van der Waals surface area contributed by atoms with Gasteiger partial charge in [0.15, 0.2) is 13.0 Å². The Kier molecular flexibility index (Phi) is 14.9. The van der Waals surface area contributed by atoms with E-state index >= 15 is 0 Å². The molecule has 1 heterocycles. The number of ether oxygens (including phenoxy) is 1. The number of rotatable bonds is 16. The van der Waals surface area contributed by atoms with Crippen molar-refractivity contribution in [3.05, 3.63) is 100 Å². The summed E-state index contributed by atoms with van der Waals surface area (Å²) in [5.41, 5.74) is 16.3. The minimum absolute atomic E-state index is 0.266. The van der Waals surface area contributed by atoms with E-state index in [0.29, 0.717) is 49.8 Å². The maximum atomic E-state index is 11.6. The van der Waals surface area contributed by atoms with Crippen molar-refractivity contribution in [2.45, 2.75) is 66.4 Å². The van der Waals surface area contributed by atoms with Gasteiger partial charge in [-0.15, -0.1) is 0 Å². The number of aldehydes is 1. The van der Waals surface area contributed by atoms with Gasteiger partial charge in [0.05, 0.1) is 17.4 Å². The van der Waals surface area contributed by atoms with Gasteiger partial charge in [-0.25, -0.2) is 0 Å². The number of aliphatic hydroxyl groups is 1. The van der Waals surface area contributed by atoms with E-state index in [0.717, 1.165) is 70.5 Å². The van der Waals surface area contributed by atoms with Crippen molar-refractivity contribution in [1.29, 1.82) is 0 Å². The predicted octanol–water partition coefficient (Wildman–Crippen LogP) is 6.87. The summed E-state index contributed by atoms with van der Waals surface area (Å²) in [6.45, 7) is 11.7. The molecule has 1 atom stereocenters. The Balaban J connectivity index is 0.000000609. The number of nitrogen functional groups attached to an aromatic ring is 1. The molecule has 48 heavy (non-hydrogen) atoms. The third kappa shape index (κ3) is 10.3. The summed E-state index contributed by atoms with van der Waals surface area (Å²) in [4.78, 5) is 31.5. The van der Waals surface area contributed by atoms with Crippen LogP contribution in [0.15, 0.2) is 71.7 Å². The second-order valence-electron chi connectivity index (χ2n) is 11.8. The maximum Gasteiger partial charge on any atom is 0.207 e. The van der Waals surface area contributed by atoms with Gasteiger partial charge in [0.25, 0.3) is 0 Å². The number of aromatic amines is 1. The van der Waals surface area contributed by atoms with Gasteiger partial charge >= 0.3 is 0 Å². The number of carbonyl (C=O) groups excluding carboxylic acids is 2. The zero-order valence-corrected chi connectivity index (χ0v) is 29.2. The number of hydrogen-bond donors (Lipinski definition) is 4. The molecule has 5 N–H and O–H groups in total. The Morgan fingerprint density at radius 3 is 2.44 bits per heavy atom. The van der Waals surface area contributed by atoms with Crippen LogP contribution in [0.1, 0.15) is 78.2 Å². The molecular formula is C39H51N5O4. The summed E-state index contributed by atoms with van der Waals surface area (Å²) in [5.74, 6) is 1.20. The van der Waals surface area contributed by atoms with Crippen LogP contribution in [0.2, 0.25) is 0 Å². The topological polar surface area (TPSA) is 133 Å². The second kappa shape index (κ2) is 19.1. The molecule has 0 radical (unpaired) electrons. The van der Waals surface area contributed by atoms with Crippen LogP contribution >= 0.6 is 0 Å². The minimum Gasteiger partial charge on any atom is -0.472 e. The van der Waals surface area contributed by atoms with Gasteiger partial charge in [-0.05, 0) is 81.0 Å². The Hall–Kier alpha value is -4.89. The lowest BCUT2D eigenvalue weighted by molar-refractivity contribution is -0.109. The fraction of sp³-hybridized carbons (Fsp3) is 0.359. The van der Waals surface area contributed by atoms with Crippen LogP contribution in [0.4, 0.5) is 11.5 Å². The Morgan fingerprint density at radius 1 is 1.04 bits per heavy atom. The fourth-order valence-corrected chi connectivity index (χ4v) is 5.32. The first-order valence-electron chi connectivity index (χ1n) is 16.6. The maximum absolute atomic E-state index is 11.6. The summed E-state index contributed by atoms with van der Waals surface area (Å²) in [6.07, 6.45) is 4.60. The van der Waals surface area contributed by atoms with Crippen LogP contribution < -0.4 is 20.7 Å². The van der Waals surface area contributed by atoms with E-state index < -0.39 is 0 Å². The predicted molar refractivity (Wildman–Crippen MR) is 197 cm³/mol. The normalized spacial score (nSPS) is 11.7. The molecule has 0 saturated carbocycles. The first-order chi connectivity index (χ1) is 23.2. The number of amides is 1. The minimum atomic E-state index is -0.266. The van der Waals surface area contributed by atoms with Gasteiger partial charge in [0, 0.05) is 42.6 Å². The van der Waals surface area contributed by atoms with Crippen molar-refractivity contribution >= 4 is 29.9 Å². The Labute approximate surface area is 285 Å². The van der Waals surface area contributed by atoms with Crippen LogP contribution in [0.5, 0.6) is 5.75 Å². The lowest BCUT2D eigenvalue weighted by atomic mass is 9.97. The summed E-state index contributed by atoms with van der Waals surface area (Å²) >= 11 is 0. The number of nitrogens with one attached hydrogen (secondary N) is 2. The molecule has 0 aliphatic rings. The molecule has 9 nitrogen and oxygen atoms in total. The first kappa shape index (κ1) is 37.6. The molecule has 1 aromatic heterocycles. The second-order valence-corrected chi connectivity index (χ2v) is 11.8. The van der Waals surface area contributed by atoms with Gasteiger partial charge in [0.2, 0.25) is 6.41 Å². The van der Waals surface area contributed by atoms with Gasteiger partial charge in [-0.1, -0.05) is 68.3 Å². The lowest BCUT2D eigenvalue weighted by Crippen LogP contribution is -2.25. The fourth-order valence-electron chi connectivity index (χ4n) is 5.32. The van der Waals surface area contributed by atoms with E-state index in [1.165, 1.54) is 5.56 Å². The quantitative estimate of drug-likeness (QED) is 0.0452. The number of carbonyl (C=O) groups is 2. The summed E-state index contributed by atoms with van der Waals surface area (Å²) in [6, 6.07) is 22.4. The standard InChI is InChI=1S/C33H38N4O2.C6H13NO2/c1-6-9-24-14-17-26(20-38)31(18-24)39-21-37(5)30-11-8-10-27(23(30)4)32(35-7-2)28-19-29(36-33(28)34)25-15-12-22(3)13-16-25;1-2-6(9)3-4-7-5-8/h8,10-20,36H,6-7,9,21,34H2,1-5H3;5-6,9H,2-4H2,1H3,(H,7,8). The molecule has 4 aromatic rings. The molecule has 0 spiro atoms. The molecule has 0 aliphatic carbocycles. The van der Waals surface area contributed by atoms with Crippen LogP contribution in [0, 0.1) is 13.8 Å². The van der Waals surface area contributed by atoms with E-state index in [-0.39, 0.29) is 6.10 Å². The van der Waals surface area contributed by atoms with E-state index in [1.54, 1.807) is 0 Å². The molecule has 4 rings (SSSR count). The van der Waals surface area contributed by atoms with Crippen molar-refractivity contribution in [3.8, 4) is 17.0 Å².